The van der Waals surface area contributed by atoms with Gasteiger partial charge in [-0.05, 0) is 50.5 Å². The number of benzene rings is 1. The molecule has 3 heterocycles. The number of nitrogens with zero attached hydrogens (tertiary/aromatic N) is 4. The van der Waals surface area contributed by atoms with Crippen LogP contribution in [0.25, 0.3) is 6.08 Å². The molecule has 0 spiro atoms. The SMILES string of the molecule is CC(=O)N(CC1CCN(c2ncc(C(=O)COC3CCCCO3)cn2)CC1)C(C)/C=C/c1ccccc1. The Morgan fingerprint density at radius 3 is 2.51 bits per heavy atom. The Kier molecular flexibility index (Phi) is 9.79. The molecule has 1 aromatic heterocycles. The summed E-state index contributed by atoms with van der Waals surface area (Å²) in [6.45, 7) is 6.75. The van der Waals surface area contributed by atoms with Gasteiger partial charge in [-0.3, -0.25) is 9.59 Å². The first kappa shape index (κ1) is 26.9. The van der Waals surface area contributed by atoms with Gasteiger partial charge in [-0.15, -0.1) is 0 Å². The van der Waals surface area contributed by atoms with Crippen molar-refractivity contribution in [3.63, 3.8) is 0 Å². The molecule has 2 atom stereocenters. The summed E-state index contributed by atoms with van der Waals surface area (Å²) in [5.74, 6) is 1.01. The second-order valence-electron chi connectivity index (χ2n) is 9.91. The maximum atomic E-state index is 12.4. The number of hydrogen-bond acceptors (Lipinski definition) is 7. The van der Waals surface area contributed by atoms with E-state index in [4.69, 9.17) is 9.47 Å². The summed E-state index contributed by atoms with van der Waals surface area (Å²) >= 11 is 0. The topological polar surface area (TPSA) is 84.9 Å². The van der Waals surface area contributed by atoms with Crippen LogP contribution in [0.4, 0.5) is 5.95 Å². The zero-order valence-electron chi connectivity index (χ0n) is 21.9. The highest BCUT2D eigenvalue weighted by molar-refractivity contribution is 5.96. The predicted molar refractivity (Wildman–Crippen MR) is 143 cm³/mol. The summed E-state index contributed by atoms with van der Waals surface area (Å²) < 4.78 is 11.1. The molecule has 2 fully saturated rings. The van der Waals surface area contributed by atoms with Crippen LogP contribution in [0.15, 0.2) is 48.8 Å². The molecule has 0 radical (unpaired) electrons. The minimum Gasteiger partial charge on any atom is -0.353 e. The normalized spacial score (nSPS) is 19.6. The second kappa shape index (κ2) is 13.4. The highest BCUT2D eigenvalue weighted by Crippen LogP contribution is 2.23. The van der Waals surface area contributed by atoms with Gasteiger partial charge in [0, 0.05) is 51.6 Å². The first-order valence-corrected chi connectivity index (χ1v) is 13.3. The molecule has 8 heteroatoms. The fourth-order valence-electron chi connectivity index (χ4n) is 4.82. The number of rotatable bonds is 10. The average molecular weight is 507 g/mol. The summed E-state index contributed by atoms with van der Waals surface area (Å²) in [6, 6.07) is 10.2. The van der Waals surface area contributed by atoms with E-state index in [0.29, 0.717) is 24.0 Å². The van der Waals surface area contributed by atoms with Gasteiger partial charge in [-0.2, -0.15) is 0 Å². The Morgan fingerprint density at radius 1 is 1.14 bits per heavy atom. The van der Waals surface area contributed by atoms with E-state index in [1.54, 1.807) is 19.3 Å². The van der Waals surface area contributed by atoms with Crippen molar-refractivity contribution >= 4 is 23.7 Å². The number of amides is 1. The van der Waals surface area contributed by atoms with E-state index in [9.17, 15) is 9.59 Å². The summed E-state index contributed by atoms with van der Waals surface area (Å²) in [5.41, 5.74) is 1.58. The van der Waals surface area contributed by atoms with E-state index in [1.807, 2.05) is 23.1 Å². The fourth-order valence-corrected chi connectivity index (χ4v) is 4.82. The molecule has 2 saturated heterocycles. The van der Waals surface area contributed by atoms with Gasteiger partial charge < -0.3 is 19.3 Å². The van der Waals surface area contributed by atoms with Crippen molar-refractivity contribution in [1.82, 2.24) is 14.9 Å². The molecule has 2 aromatic rings. The predicted octanol–water partition coefficient (Wildman–Crippen LogP) is 4.37. The second-order valence-corrected chi connectivity index (χ2v) is 9.91. The quantitative estimate of drug-likeness (QED) is 0.443. The van der Waals surface area contributed by atoms with Crippen molar-refractivity contribution in [3.8, 4) is 0 Å². The summed E-state index contributed by atoms with van der Waals surface area (Å²) in [7, 11) is 0. The first-order chi connectivity index (χ1) is 18.0. The zero-order chi connectivity index (χ0) is 26.0. The molecule has 37 heavy (non-hydrogen) atoms. The van der Waals surface area contributed by atoms with Gasteiger partial charge in [-0.25, -0.2) is 9.97 Å². The molecule has 0 bridgehead atoms. The largest absolute Gasteiger partial charge is 0.353 e. The van der Waals surface area contributed by atoms with Gasteiger partial charge in [-0.1, -0.05) is 42.5 Å². The molecule has 2 aliphatic heterocycles. The maximum Gasteiger partial charge on any atom is 0.225 e. The van der Waals surface area contributed by atoms with Crippen molar-refractivity contribution in [3.05, 3.63) is 59.9 Å². The fraction of sp³-hybridized carbons (Fsp3) is 0.517. The molecular formula is C29H38N4O4. The van der Waals surface area contributed by atoms with Crippen LogP contribution >= 0.6 is 0 Å². The van der Waals surface area contributed by atoms with Gasteiger partial charge >= 0.3 is 0 Å². The van der Waals surface area contributed by atoms with Crippen molar-refractivity contribution < 1.29 is 19.1 Å². The molecule has 2 unspecified atom stereocenters. The molecule has 198 valence electrons. The smallest absolute Gasteiger partial charge is 0.225 e. The lowest BCUT2D eigenvalue weighted by Crippen LogP contribution is -2.43. The van der Waals surface area contributed by atoms with E-state index >= 15 is 0 Å². The molecule has 0 aliphatic carbocycles. The van der Waals surface area contributed by atoms with Crippen LogP contribution in [0, 0.1) is 5.92 Å². The third kappa shape index (κ3) is 7.94. The van der Waals surface area contributed by atoms with Gasteiger partial charge in [0.25, 0.3) is 0 Å². The van der Waals surface area contributed by atoms with Crippen LogP contribution in [-0.2, 0) is 14.3 Å². The van der Waals surface area contributed by atoms with Crippen molar-refractivity contribution in [2.75, 3.05) is 37.7 Å². The third-order valence-electron chi connectivity index (χ3n) is 7.11. The lowest BCUT2D eigenvalue weighted by atomic mass is 9.95. The zero-order valence-corrected chi connectivity index (χ0v) is 21.9. The molecule has 4 rings (SSSR count). The van der Waals surface area contributed by atoms with Crippen molar-refractivity contribution in [2.45, 2.75) is 58.3 Å². The van der Waals surface area contributed by atoms with Crippen LogP contribution in [0.1, 0.15) is 61.9 Å². The van der Waals surface area contributed by atoms with E-state index in [2.05, 4.69) is 46.1 Å². The molecule has 2 aliphatic rings. The lowest BCUT2D eigenvalue weighted by Gasteiger charge is -2.36. The van der Waals surface area contributed by atoms with Crippen molar-refractivity contribution in [1.29, 1.82) is 0 Å². The lowest BCUT2D eigenvalue weighted by molar-refractivity contribution is -0.155. The van der Waals surface area contributed by atoms with Gasteiger partial charge in [0.15, 0.2) is 12.1 Å². The number of carbonyl (C=O) groups is 2. The summed E-state index contributed by atoms with van der Waals surface area (Å²) in [5, 5.41) is 0. The number of anilines is 1. The van der Waals surface area contributed by atoms with Crippen LogP contribution in [0.2, 0.25) is 0 Å². The average Bonchev–Trinajstić information content (AvgIpc) is 2.94. The molecule has 1 amide bonds. The van der Waals surface area contributed by atoms with Gasteiger partial charge in [0.2, 0.25) is 11.9 Å². The minimum atomic E-state index is -0.291. The van der Waals surface area contributed by atoms with Gasteiger partial charge in [0.1, 0.15) is 6.61 Å². The third-order valence-corrected chi connectivity index (χ3v) is 7.11. The Balaban J connectivity index is 1.24. The molecule has 0 saturated carbocycles. The van der Waals surface area contributed by atoms with E-state index in [-0.39, 0.29) is 30.6 Å². The van der Waals surface area contributed by atoms with E-state index in [1.165, 1.54) is 0 Å². The van der Waals surface area contributed by atoms with Crippen LogP contribution in [0.3, 0.4) is 0 Å². The Bertz CT molecular complexity index is 1030. The minimum absolute atomic E-state index is 0.0234. The monoisotopic (exact) mass is 506 g/mol. The number of ether oxygens (including phenoxy) is 2. The standard InChI is InChI=1S/C29H38N4O4/c1-22(11-12-24-8-4-3-5-9-24)33(23(2)34)20-25-13-15-32(16-14-25)29-30-18-26(19-31-29)27(35)21-37-28-10-6-7-17-36-28/h3-5,8-9,11-12,18-19,22,25,28H,6-7,10,13-17,20-21H2,1-2H3/b12-11+. The first-order valence-electron chi connectivity index (χ1n) is 13.3. The Hall–Kier alpha value is -3.10. The van der Waals surface area contributed by atoms with Crippen LogP contribution in [-0.4, -0.2) is 71.7 Å². The van der Waals surface area contributed by atoms with E-state index < -0.39 is 0 Å². The molecule has 1 aromatic carbocycles. The number of Topliss-reactive ketones (excluding diaryl/α,β-unsaturated/α-hetero) is 1. The number of carbonyl (C=O) groups excluding carboxylic acids is 2. The number of hydrogen-bond donors (Lipinski definition) is 0. The van der Waals surface area contributed by atoms with Crippen LogP contribution < -0.4 is 4.90 Å². The van der Waals surface area contributed by atoms with Crippen LogP contribution in [0.5, 0.6) is 0 Å². The summed E-state index contributed by atoms with van der Waals surface area (Å²) in [4.78, 5) is 37.8. The number of aromatic nitrogens is 2. The Labute approximate surface area is 219 Å². The van der Waals surface area contributed by atoms with Gasteiger partial charge in [0.05, 0.1) is 5.56 Å². The molecule has 0 N–H and O–H groups in total. The molecule has 8 nitrogen and oxygen atoms in total. The summed E-state index contributed by atoms with van der Waals surface area (Å²) in [6.07, 6.45) is 11.9. The number of piperidine rings is 1. The Morgan fingerprint density at radius 2 is 1.86 bits per heavy atom. The maximum absolute atomic E-state index is 12.4. The van der Waals surface area contributed by atoms with Crippen molar-refractivity contribution in [2.24, 2.45) is 5.92 Å². The highest BCUT2D eigenvalue weighted by Gasteiger charge is 2.25. The number of ketones is 1. The van der Waals surface area contributed by atoms with E-state index in [0.717, 1.165) is 57.3 Å². The molecular weight excluding hydrogens is 468 g/mol. The highest BCUT2D eigenvalue weighted by atomic mass is 16.7.